The SMILES string of the molecule is CCCCCC/C=C\C=C/CCCCCCCC(=O)O[C@H](COC(=O)CCCCCCCCCCCCCCC)COP(=O)(O)OC[C@@H](O)COP(=O)(O)OC[C@@H](COC(=O)CCCCCCCCCCCCCC)OC(=O)CCCCCCCCCCCCCC. The smallest absolute Gasteiger partial charge is 0.462 e. The van der Waals surface area contributed by atoms with Crippen molar-refractivity contribution in [2.45, 2.75) is 380 Å². The number of ether oxygens (including phenoxy) is 4. The number of carbonyl (C=O) groups excluding carboxylic acids is 4. The second-order valence-corrected chi connectivity index (χ2v) is 28.6. The summed E-state index contributed by atoms with van der Waals surface area (Å²) in [5.41, 5.74) is 0. The second-order valence-electron chi connectivity index (χ2n) is 25.6. The molecule has 17 nitrogen and oxygen atoms in total. The van der Waals surface area contributed by atoms with Gasteiger partial charge in [0.25, 0.3) is 0 Å². The first kappa shape index (κ1) is 89.5. The summed E-state index contributed by atoms with van der Waals surface area (Å²) >= 11 is 0. The van der Waals surface area contributed by atoms with E-state index in [0.29, 0.717) is 25.7 Å². The Morgan fingerprint density at radius 2 is 0.522 bits per heavy atom. The number of hydrogen-bond acceptors (Lipinski definition) is 15. The average molecular weight is 1350 g/mol. The third-order valence-electron chi connectivity index (χ3n) is 16.5. The molecule has 0 aromatic rings. The Balaban J connectivity index is 5.29. The topological polar surface area (TPSA) is 237 Å². The fraction of sp³-hybridized carbons (Fsp3) is 0.890. The Bertz CT molecular complexity index is 1850. The van der Waals surface area contributed by atoms with Crippen LogP contribution in [0.15, 0.2) is 24.3 Å². The van der Waals surface area contributed by atoms with Gasteiger partial charge in [-0.3, -0.25) is 37.3 Å². The molecule has 0 aromatic heterocycles. The zero-order valence-electron chi connectivity index (χ0n) is 59.0. The molecule has 0 radical (unpaired) electrons. The Morgan fingerprint density at radius 3 is 0.793 bits per heavy atom. The van der Waals surface area contributed by atoms with Crippen LogP contribution in [0.1, 0.15) is 362 Å². The minimum Gasteiger partial charge on any atom is -0.462 e. The lowest BCUT2D eigenvalue weighted by Gasteiger charge is -2.21. The monoisotopic (exact) mass is 1350 g/mol. The molecule has 19 heteroatoms. The third kappa shape index (κ3) is 66.2. The molecule has 0 heterocycles. The van der Waals surface area contributed by atoms with E-state index in [9.17, 15) is 43.2 Å². The van der Waals surface area contributed by atoms with Gasteiger partial charge in [-0.15, -0.1) is 0 Å². The lowest BCUT2D eigenvalue weighted by atomic mass is 10.0. The number of carbonyl (C=O) groups is 4. The number of rotatable bonds is 72. The zero-order valence-corrected chi connectivity index (χ0v) is 60.8. The first-order valence-corrected chi connectivity index (χ1v) is 40.6. The number of aliphatic hydroxyl groups is 1. The van der Waals surface area contributed by atoms with Gasteiger partial charge in [0.2, 0.25) is 0 Å². The van der Waals surface area contributed by atoms with Crippen molar-refractivity contribution in [2.75, 3.05) is 39.6 Å². The van der Waals surface area contributed by atoms with Crippen LogP contribution in [0.3, 0.4) is 0 Å². The molecule has 0 bridgehead atoms. The maximum absolute atomic E-state index is 13.0. The van der Waals surface area contributed by atoms with Crippen LogP contribution in [0.25, 0.3) is 0 Å². The highest BCUT2D eigenvalue weighted by molar-refractivity contribution is 7.47. The third-order valence-corrected chi connectivity index (χ3v) is 18.4. The van der Waals surface area contributed by atoms with E-state index in [0.717, 1.165) is 103 Å². The normalized spacial score (nSPS) is 14.1. The molecule has 0 fully saturated rings. The molecule has 0 aliphatic carbocycles. The van der Waals surface area contributed by atoms with Gasteiger partial charge in [-0.25, -0.2) is 9.13 Å². The van der Waals surface area contributed by atoms with E-state index in [1.807, 2.05) is 0 Å². The molecule has 3 N–H and O–H groups in total. The molecule has 0 amide bonds. The number of esters is 4. The van der Waals surface area contributed by atoms with Crippen LogP contribution < -0.4 is 0 Å². The van der Waals surface area contributed by atoms with E-state index < -0.39 is 97.5 Å². The van der Waals surface area contributed by atoms with Crippen molar-refractivity contribution >= 4 is 39.5 Å². The largest absolute Gasteiger partial charge is 0.472 e. The first-order chi connectivity index (χ1) is 44.7. The van der Waals surface area contributed by atoms with E-state index in [1.165, 1.54) is 180 Å². The van der Waals surface area contributed by atoms with Crippen LogP contribution in [0, 0.1) is 0 Å². The van der Waals surface area contributed by atoms with Gasteiger partial charge in [-0.05, 0) is 51.4 Å². The van der Waals surface area contributed by atoms with Gasteiger partial charge < -0.3 is 33.8 Å². The van der Waals surface area contributed by atoms with E-state index in [1.54, 1.807) is 0 Å². The minimum atomic E-state index is -4.96. The van der Waals surface area contributed by atoms with Crippen molar-refractivity contribution in [1.82, 2.24) is 0 Å². The molecule has 542 valence electrons. The van der Waals surface area contributed by atoms with Gasteiger partial charge in [-0.1, -0.05) is 309 Å². The summed E-state index contributed by atoms with van der Waals surface area (Å²) in [5.74, 6) is -2.14. The Kier molecular flexibility index (Phi) is 65.3. The predicted molar refractivity (Wildman–Crippen MR) is 372 cm³/mol. The number of aliphatic hydroxyl groups excluding tert-OH is 1. The number of phosphoric acid groups is 2. The molecule has 0 aromatic carbocycles. The Morgan fingerprint density at radius 1 is 0.304 bits per heavy atom. The molecule has 0 aliphatic rings. The fourth-order valence-corrected chi connectivity index (χ4v) is 12.3. The lowest BCUT2D eigenvalue weighted by molar-refractivity contribution is -0.161. The first-order valence-electron chi connectivity index (χ1n) is 37.6. The Hall–Kier alpha value is -2.46. The summed E-state index contributed by atoms with van der Waals surface area (Å²) in [6, 6.07) is 0. The number of unbranched alkanes of at least 4 members (excludes halogenated alkanes) is 43. The van der Waals surface area contributed by atoms with Gasteiger partial charge in [0.1, 0.15) is 19.3 Å². The van der Waals surface area contributed by atoms with Crippen LogP contribution in [-0.2, 0) is 65.4 Å². The molecule has 0 rings (SSSR count). The van der Waals surface area contributed by atoms with Crippen molar-refractivity contribution in [1.29, 1.82) is 0 Å². The Labute approximate surface area is 561 Å². The predicted octanol–water partition coefficient (Wildman–Crippen LogP) is 21.0. The van der Waals surface area contributed by atoms with Crippen LogP contribution in [0.2, 0.25) is 0 Å². The van der Waals surface area contributed by atoms with Crippen LogP contribution in [-0.4, -0.2) is 96.7 Å². The van der Waals surface area contributed by atoms with Crippen molar-refractivity contribution in [3.05, 3.63) is 24.3 Å². The number of allylic oxidation sites excluding steroid dienone is 4. The molecular formula is C73H138O17P2. The summed E-state index contributed by atoms with van der Waals surface area (Å²) in [4.78, 5) is 72.7. The van der Waals surface area contributed by atoms with Crippen LogP contribution >= 0.6 is 15.6 Å². The number of hydrogen-bond donors (Lipinski definition) is 3. The van der Waals surface area contributed by atoms with Gasteiger partial charge in [-0.2, -0.15) is 0 Å². The maximum atomic E-state index is 13.0. The molecule has 0 spiro atoms. The molecule has 0 aliphatic heterocycles. The quantitative estimate of drug-likeness (QED) is 0.0169. The van der Waals surface area contributed by atoms with Gasteiger partial charge in [0, 0.05) is 25.7 Å². The highest BCUT2D eigenvalue weighted by atomic mass is 31.2. The molecular weight excluding hydrogens is 1210 g/mol. The van der Waals surface area contributed by atoms with Gasteiger partial charge in [0.05, 0.1) is 26.4 Å². The molecule has 0 saturated heterocycles. The van der Waals surface area contributed by atoms with Gasteiger partial charge in [0.15, 0.2) is 12.2 Å². The highest BCUT2D eigenvalue weighted by Crippen LogP contribution is 2.45. The van der Waals surface area contributed by atoms with Crippen molar-refractivity contribution < 1.29 is 80.2 Å². The van der Waals surface area contributed by atoms with Crippen LogP contribution in [0.5, 0.6) is 0 Å². The highest BCUT2D eigenvalue weighted by Gasteiger charge is 2.30. The molecule has 0 saturated carbocycles. The molecule has 2 unspecified atom stereocenters. The standard InChI is InChI=1S/C73H138O17P2/c1-5-9-13-17-21-25-29-33-34-36-40-44-48-52-56-60-73(78)90-69(64-84-71(76)58-54-50-46-42-39-35-30-26-22-18-14-10-6-2)66-88-92(81,82)86-62-67(74)61-85-91(79,80)87-65-68(89-72(77)59-55-51-47-43-38-32-28-24-20-16-12-8-4)63-83-70(75)57-53-49-45-41-37-31-27-23-19-15-11-7-3/h25,29,33-34,67-69,74H,5-24,26-28,30-32,35-66H2,1-4H3,(H,79,80)(H,81,82)/b29-25-,34-33-/t67-,68+,69+/m0/s1. The van der Waals surface area contributed by atoms with Crippen LogP contribution in [0.4, 0.5) is 0 Å². The maximum Gasteiger partial charge on any atom is 0.472 e. The van der Waals surface area contributed by atoms with Crippen molar-refractivity contribution in [3.8, 4) is 0 Å². The lowest BCUT2D eigenvalue weighted by Crippen LogP contribution is -2.30. The molecule has 5 atom stereocenters. The van der Waals surface area contributed by atoms with Crippen molar-refractivity contribution in [2.24, 2.45) is 0 Å². The summed E-state index contributed by atoms with van der Waals surface area (Å²) < 4.78 is 68.4. The zero-order chi connectivity index (χ0) is 67.5. The van der Waals surface area contributed by atoms with Crippen molar-refractivity contribution in [3.63, 3.8) is 0 Å². The number of phosphoric ester groups is 2. The minimum absolute atomic E-state index is 0.0859. The summed E-state index contributed by atoms with van der Waals surface area (Å²) in [5, 5.41) is 10.6. The summed E-state index contributed by atoms with van der Waals surface area (Å²) in [6.45, 7) is 4.90. The van der Waals surface area contributed by atoms with E-state index in [-0.39, 0.29) is 25.7 Å². The molecule has 92 heavy (non-hydrogen) atoms. The second kappa shape index (κ2) is 67.1. The van der Waals surface area contributed by atoms with Gasteiger partial charge >= 0.3 is 39.5 Å². The van der Waals surface area contributed by atoms with E-state index >= 15 is 0 Å². The summed E-state index contributed by atoms with van der Waals surface area (Å²) in [6.07, 6.45) is 58.8. The van der Waals surface area contributed by atoms with E-state index in [4.69, 9.17) is 37.0 Å². The summed E-state index contributed by atoms with van der Waals surface area (Å²) in [7, 11) is -9.92. The fourth-order valence-electron chi connectivity index (χ4n) is 10.7. The average Bonchev–Trinajstić information content (AvgIpc) is 3.44. The van der Waals surface area contributed by atoms with E-state index in [2.05, 4.69) is 52.0 Å².